The standard InChI is InChI=1S/C23H29N3OS/c1-17-7-10-21(18(2)15-17)28-22-6-4-3-5-20(22)26-13-11-25(12-14-26)16-24-23(27)19-8-9-19/h3-7,10,15,19H,8-9,11-14,16H2,1-2H3,(H,24,27). The van der Waals surface area contributed by atoms with E-state index in [1.165, 1.54) is 26.6 Å². The highest BCUT2D eigenvalue weighted by Crippen LogP contribution is 2.37. The van der Waals surface area contributed by atoms with Gasteiger partial charge < -0.3 is 10.2 Å². The number of nitrogens with one attached hydrogen (secondary N) is 1. The van der Waals surface area contributed by atoms with Gasteiger partial charge in [0.05, 0.1) is 12.4 Å². The summed E-state index contributed by atoms with van der Waals surface area (Å²) < 4.78 is 0. The fourth-order valence-electron chi connectivity index (χ4n) is 3.66. The van der Waals surface area contributed by atoms with Crippen molar-refractivity contribution in [1.29, 1.82) is 0 Å². The number of anilines is 1. The molecule has 0 spiro atoms. The van der Waals surface area contributed by atoms with Gasteiger partial charge in [-0.2, -0.15) is 0 Å². The van der Waals surface area contributed by atoms with Crippen LogP contribution in [0.15, 0.2) is 52.3 Å². The first kappa shape index (κ1) is 19.3. The molecule has 1 N–H and O–H groups in total. The minimum Gasteiger partial charge on any atom is -0.368 e. The molecule has 4 rings (SSSR count). The number of rotatable bonds is 6. The van der Waals surface area contributed by atoms with E-state index in [0.717, 1.165) is 39.0 Å². The summed E-state index contributed by atoms with van der Waals surface area (Å²) in [5.74, 6) is 0.521. The van der Waals surface area contributed by atoms with Crippen LogP contribution in [0.5, 0.6) is 0 Å². The number of para-hydroxylation sites is 1. The fraction of sp³-hybridized carbons (Fsp3) is 0.435. The Hall–Kier alpha value is -1.98. The molecule has 0 atom stereocenters. The molecule has 2 aromatic carbocycles. The van der Waals surface area contributed by atoms with Crippen molar-refractivity contribution in [3.8, 4) is 0 Å². The maximum absolute atomic E-state index is 11.8. The van der Waals surface area contributed by atoms with Gasteiger partial charge in [0.1, 0.15) is 0 Å². The van der Waals surface area contributed by atoms with E-state index in [-0.39, 0.29) is 11.8 Å². The summed E-state index contributed by atoms with van der Waals surface area (Å²) in [5, 5.41) is 3.09. The van der Waals surface area contributed by atoms with Gasteiger partial charge in [-0.25, -0.2) is 0 Å². The molecule has 2 aromatic rings. The third kappa shape index (κ3) is 4.70. The topological polar surface area (TPSA) is 35.6 Å². The molecule has 5 heteroatoms. The van der Waals surface area contributed by atoms with Crippen molar-refractivity contribution < 1.29 is 4.79 Å². The lowest BCUT2D eigenvalue weighted by molar-refractivity contribution is -0.123. The molecule has 2 fully saturated rings. The minimum atomic E-state index is 0.234. The summed E-state index contributed by atoms with van der Waals surface area (Å²) in [4.78, 5) is 19.3. The highest BCUT2D eigenvalue weighted by atomic mass is 32.2. The second-order valence-electron chi connectivity index (χ2n) is 7.92. The molecule has 1 heterocycles. The van der Waals surface area contributed by atoms with Crippen molar-refractivity contribution >= 4 is 23.4 Å². The largest absolute Gasteiger partial charge is 0.368 e. The lowest BCUT2D eigenvalue weighted by Crippen LogP contribution is -2.50. The molecule has 0 unspecified atom stereocenters. The molecular formula is C23H29N3OS. The third-order valence-corrected chi connectivity index (χ3v) is 6.80. The van der Waals surface area contributed by atoms with Gasteiger partial charge in [-0.1, -0.05) is 41.6 Å². The Labute approximate surface area is 172 Å². The molecule has 1 saturated carbocycles. The monoisotopic (exact) mass is 395 g/mol. The van der Waals surface area contributed by atoms with E-state index in [1.54, 1.807) is 0 Å². The van der Waals surface area contributed by atoms with Crippen molar-refractivity contribution in [3.63, 3.8) is 0 Å². The van der Waals surface area contributed by atoms with Gasteiger partial charge in [-0.15, -0.1) is 0 Å². The number of piperazine rings is 1. The lowest BCUT2D eigenvalue weighted by Gasteiger charge is -2.36. The Morgan fingerprint density at radius 1 is 1.04 bits per heavy atom. The van der Waals surface area contributed by atoms with Crippen LogP contribution in [0.3, 0.4) is 0 Å². The van der Waals surface area contributed by atoms with E-state index in [4.69, 9.17) is 0 Å². The normalized spacial score (nSPS) is 17.6. The number of hydrogen-bond donors (Lipinski definition) is 1. The first-order valence-electron chi connectivity index (χ1n) is 10.2. The molecule has 2 aliphatic rings. The molecule has 148 valence electrons. The predicted octanol–water partition coefficient (Wildman–Crippen LogP) is 4.06. The molecule has 0 radical (unpaired) electrons. The van der Waals surface area contributed by atoms with Crippen LogP contribution < -0.4 is 10.2 Å². The number of amides is 1. The van der Waals surface area contributed by atoms with E-state index in [0.29, 0.717) is 6.67 Å². The summed E-state index contributed by atoms with van der Waals surface area (Å²) in [5.41, 5.74) is 3.95. The summed E-state index contributed by atoms with van der Waals surface area (Å²) in [7, 11) is 0. The zero-order chi connectivity index (χ0) is 19.5. The quantitative estimate of drug-likeness (QED) is 0.800. The smallest absolute Gasteiger partial charge is 0.224 e. The van der Waals surface area contributed by atoms with Gasteiger partial charge in [-0.3, -0.25) is 9.69 Å². The SMILES string of the molecule is Cc1ccc(Sc2ccccc2N2CCN(CNC(=O)C3CC3)CC2)c(C)c1. The molecule has 1 saturated heterocycles. The molecule has 1 amide bonds. The lowest BCUT2D eigenvalue weighted by atomic mass is 10.2. The first-order valence-corrected chi connectivity index (χ1v) is 11.0. The Bertz CT molecular complexity index is 841. The van der Waals surface area contributed by atoms with Crippen LogP contribution in [0.2, 0.25) is 0 Å². The number of carbonyl (C=O) groups excluding carboxylic acids is 1. The number of carbonyl (C=O) groups is 1. The Morgan fingerprint density at radius 3 is 2.50 bits per heavy atom. The summed E-state index contributed by atoms with van der Waals surface area (Å²) in [6.45, 7) is 8.95. The average Bonchev–Trinajstić information content (AvgIpc) is 3.55. The maximum Gasteiger partial charge on any atom is 0.224 e. The Kier molecular flexibility index (Phi) is 5.93. The van der Waals surface area contributed by atoms with Gasteiger partial charge in [0.15, 0.2) is 0 Å². The molecule has 1 aliphatic heterocycles. The van der Waals surface area contributed by atoms with Crippen molar-refractivity contribution in [2.75, 3.05) is 37.7 Å². The predicted molar refractivity (Wildman–Crippen MR) is 116 cm³/mol. The summed E-state index contributed by atoms with van der Waals surface area (Å²) in [6.07, 6.45) is 2.13. The Morgan fingerprint density at radius 2 is 1.79 bits per heavy atom. The van der Waals surface area contributed by atoms with Crippen LogP contribution in [0.25, 0.3) is 0 Å². The van der Waals surface area contributed by atoms with Crippen LogP contribution in [0.1, 0.15) is 24.0 Å². The van der Waals surface area contributed by atoms with Crippen molar-refractivity contribution in [1.82, 2.24) is 10.2 Å². The van der Waals surface area contributed by atoms with Crippen LogP contribution in [0.4, 0.5) is 5.69 Å². The van der Waals surface area contributed by atoms with E-state index in [1.807, 2.05) is 11.8 Å². The Balaban J connectivity index is 1.38. The van der Waals surface area contributed by atoms with E-state index in [2.05, 4.69) is 71.4 Å². The summed E-state index contributed by atoms with van der Waals surface area (Å²) in [6, 6.07) is 15.4. The van der Waals surface area contributed by atoms with Gasteiger partial charge >= 0.3 is 0 Å². The molecular weight excluding hydrogens is 366 g/mol. The first-order chi connectivity index (χ1) is 13.6. The van der Waals surface area contributed by atoms with E-state index in [9.17, 15) is 4.79 Å². The van der Waals surface area contributed by atoms with Crippen molar-refractivity contribution in [3.05, 3.63) is 53.6 Å². The molecule has 4 nitrogen and oxygen atoms in total. The maximum atomic E-state index is 11.8. The van der Waals surface area contributed by atoms with Crippen LogP contribution in [-0.2, 0) is 4.79 Å². The van der Waals surface area contributed by atoms with Gasteiger partial charge in [0.2, 0.25) is 5.91 Å². The minimum absolute atomic E-state index is 0.234. The highest BCUT2D eigenvalue weighted by molar-refractivity contribution is 7.99. The number of hydrogen-bond acceptors (Lipinski definition) is 4. The second kappa shape index (κ2) is 8.58. The second-order valence-corrected chi connectivity index (χ2v) is 9.00. The van der Waals surface area contributed by atoms with E-state index < -0.39 is 0 Å². The van der Waals surface area contributed by atoms with Gasteiger partial charge in [-0.05, 0) is 50.5 Å². The third-order valence-electron chi connectivity index (χ3n) is 5.55. The molecule has 28 heavy (non-hydrogen) atoms. The zero-order valence-corrected chi connectivity index (χ0v) is 17.6. The van der Waals surface area contributed by atoms with Crippen molar-refractivity contribution in [2.24, 2.45) is 5.92 Å². The molecule has 0 aromatic heterocycles. The van der Waals surface area contributed by atoms with Crippen LogP contribution >= 0.6 is 11.8 Å². The number of aryl methyl sites for hydroxylation is 2. The van der Waals surface area contributed by atoms with Crippen LogP contribution in [-0.4, -0.2) is 43.7 Å². The van der Waals surface area contributed by atoms with Crippen molar-refractivity contribution in [2.45, 2.75) is 36.5 Å². The number of nitrogens with zero attached hydrogens (tertiary/aromatic N) is 2. The molecule has 1 aliphatic carbocycles. The molecule has 0 bridgehead atoms. The van der Waals surface area contributed by atoms with Gasteiger partial charge in [0, 0.05) is 41.9 Å². The fourth-order valence-corrected chi connectivity index (χ4v) is 4.70. The van der Waals surface area contributed by atoms with E-state index >= 15 is 0 Å². The van der Waals surface area contributed by atoms with Crippen LogP contribution in [0, 0.1) is 19.8 Å². The summed E-state index contributed by atoms with van der Waals surface area (Å²) >= 11 is 1.86. The van der Waals surface area contributed by atoms with Gasteiger partial charge in [0.25, 0.3) is 0 Å². The number of benzene rings is 2. The average molecular weight is 396 g/mol. The zero-order valence-electron chi connectivity index (χ0n) is 16.8. The highest BCUT2D eigenvalue weighted by Gasteiger charge is 2.29.